The maximum atomic E-state index is 12.8. The van der Waals surface area contributed by atoms with E-state index in [1.165, 1.54) is 0 Å². The lowest BCUT2D eigenvalue weighted by molar-refractivity contribution is -0.116. The zero-order valence-corrected chi connectivity index (χ0v) is 15.9. The fourth-order valence-corrected chi connectivity index (χ4v) is 3.74. The van der Waals surface area contributed by atoms with Gasteiger partial charge in [-0.3, -0.25) is 9.59 Å². The summed E-state index contributed by atoms with van der Waals surface area (Å²) in [5.74, 6) is 0.372. The van der Waals surface area contributed by atoms with E-state index in [1.807, 2.05) is 30.3 Å². The zero-order chi connectivity index (χ0) is 19.5. The van der Waals surface area contributed by atoms with Gasteiger partial charge in [-0.15, -0.1) is 0 Å². The molecule has 2 heterocycles. The van der Waals surface area contributed by atoms with Crippen molar-refractivity contribution in [2.45, 2.75) is 32.3 Å². The predicted molar refractivity (Wildman–Crippen MR) is 107 cm³/mol. The van der Waals surface area contributed by atoms with Crippen molar-refractivity contribution in [3.05, 3.63) is 53.6 Å². The minimum absolute atomic E-state index is 0.0350. The quantitative estimate of drug-likeness (QED) is 0.863. The molecule has 4 rings (SSSR count). The molecule has 0 aromatic heterocycles. The summed E-state index contributed by atoms with van der Waals surface area (Å²) >= 11 is 0. The topological polar surface area (TPSA) is 67.9 Å². The molecule has 2 aromatic rings. The highest BCUT2D eigenvalue weighted by Gasteiger charge is 2.23. The molecule has 1 fully saturated rings. The van der Waals surface area contributed by atoms with Gasteiger partial charge in [-0.25, -0.2) is 0 Å². The average molecular weight is 380 g/mol. The normalized spacial score (nSPS) is 18.0. The monoisotopic (exact) mass is 380 g/mol. The number of nitrogens with one attached hydrogen (secondary N) is 1. The first kappa shape index (κ1) is 18.5. The predicted octanol–water partition coefficient (Wildman–Crippen LogP) is 3.41. The van der Waals surface area contributed by atoms with Crippen LogP contribution in [0.2, 0.25) is 0 Å². The van der Waals surface area contributed by atoms with E-state index < -0.39 is 0 Å². The van der Waals surface area contributed by atoms with E-state index in [9.17, 15) is 9.59 Å². The van der Waals surface area contributed by atoms with Gasteiger partial charge in [0.05, 0.1) is 11.7 Å². The molecule has 2 aromatic carbocycles. The van der Waals surface area contributed by atoms with E-state index >= 15 is 0 Å². The van der Waals surface area contributed by atoms with Crippen LogP contribution in [0, 0.1) is 0 Å². The van der Waals surface area contributed by atoms with Crippen LogP contribution in [0.4, 0.5) is 11.4 Å². The molecule has 1 atom stereocenters. The Morgan fingerprint density at radius 2 is 2.11 bits per heavy atom. The fourth-order valence-electron chi connectivity index (χ4n) is 3.74. The molecule has 28 heavy (non-hydrogen) atoms. The van der Waals surface area contributed by atoms with E-state index in [-0.39, 0.29) is 17.9 Å². The highest BCUT2D eigenvalue weighted by atomic mass is 16.5. The summed E-state index contributed by atoms with van der Waals surface area (Å²) in [5.41, 5.74) is 3.19. The van der Waals surface area contributed by atoms with Crippen molar-refractivity contribution in [1.29, 1.82) is 0 Å². The van der Waals surface area contributed by atoms with Crippen LogP contribution in [0.3, 0.4) is 0 Å². The Morgan fingerprint density at radius 3 is 2.89 bits per heavy atom. The lowest BCUT2D eigenvalue weighted by Gasteiger charge is -2.16. The van der Waals surface area contributed by atoms with Gasteiger partial charge in [0.15, 0.2) is 0 Å². The van der Waals surface area contributed by atoms with Gasteiger partial charge in [0, 0.05) is 31.5 Å². The Morgan fingerprint density at radius 1 is 1.25 bits per heavy atom. The Balaban J connectivity index is 1.46. The second kappa shape index (κ2) is 8.02. The molecule has 0 bridgehead atoms. The van der Waals surface area contributed by atoms with Gasteiger partial charge in [-0.05, 0) is 55.2 Å². The number of carbonyl (C=O) groups is 2. The van der Waals surface area contributed by atoms with Gasteiger partial charge in [0.2, 0.25) is 5.91 Å². The van der Waals surface area contributed by atoms with Crippen molar-refractivity contribution in [2.24, 2.45) is 0 Å². The molecule has 2 aliphatic heterocycles. The summed E-state index contributed by atoms with van der Waals surface area (Å²) in [6.45, 7) is 3.47. The van der Waals surface area contributed by atoms with Crippen molar-refractivity contribution < 1.29 is 19.1 Å². The van der Waals surface area contributed by atoms with Gasteiger partial charge in [-0.1, -0.05) is 12.1 Å². The third kappa shape index (κ3) is 3.87. The molecule has 6 nitrogen and oxygen atoms in total. The molecule has 1 unspecified atom stereocenters. The van der Waals surface area contributed by atoms with Gasteiger partial charge in [0.25, 0.3) is 5.91 Å². The highest BCUT2D eigenvalue weighted by Crippen LogP contribution is 2.31. The average Bonchev–Trinajstić information content (AvgIpc) is 3.36. The largest absolute Gasteiger partial charge is 0.490 e. The fraction of sp³-hybridized carbons (Fsp3) is 0.364. The van der Waals surface area contributed by atoms with E-state index in [4.69, 9.17) is 9.47 Å². The van der Waals surface area contributed by atoms with Crippen LogP contribution in [0.1, 0.15) is 35.7 Å². The Hall–Kier alpha value is -2.86. The van der Waals surface area contributed by atoms with Crippen molar-refractivity contribution >= 4 is 23.2 Å². The molecule has 1 saturated heterocycles. The second-order valence-electron chi connectivity index (χ2n) is 7.16. The molecule has 0 saturated carbocycles. The third-order valence-electron chi connectivity index (χ3n) is 5.19. The zero-order valence-electron chi connectivity index (χ0n) is 15.9. The first-order valence-electron chi connectivity index (χ1n) is 9.67. The van der Waals surface area contributed by atoms with Gasteiger partial charge in [-0.2, -0.15) is 0 Å². The number of fused-ring (bicyclic) bond motifs is 1. The smallest absolute Gasteiger partial charge is 0.259 e. The molecule has 0 aliphatic carbocycles. The van der Waals surface area contributed by atoms with Gasteiger partial charge < -0.3 is 19.7 Å². The minimum Gasteiger partial charge on any atom is -0.490 e. The molecule has 2 aliphatic rings. The molecule has 146 valence electrons. The lowest BCUT2D eigenvalue weighted by atomic mass is 10.1. The SMILES string of the molecule is CC(=O)N1CCc2cc(NC(=O)c3ccccc3OCC3CCCO3)ccc21. The third-order valence-corrected chi connectivity index (χ3v) is 5.19. The van der Waals surface area contributed by atoms with Crippen molar-refractivity contribution in [1.82, 2.24) is 0 Å². The number of carbonyl (C=O) groups excluding carboxylic acids is 2. The van der Waals surface area contributed by atoms with E-state index in [0.717, 1.165) is 37.1 Å². The van der Waals surface area contributed by atoms with E-state index in [0.29, 0.717) is 30.2 Å². The Labute approximate surface area is 164 Å². The molecular weight excluding hydrogens is 356 g/mol. The summed E-state index contributed by atoms with van der Waals surface area (Å²) in [6.07, 6.45) is 2.92. The number of rotatable bonds is 5. The second-order valence-corrected chi connectivity index (χ2v) is 7.16. The first-order valence-corrected chi connectivity index (χ1v) is 9.67. The maximum absolute atomic E-state index is 12.8. The number of amides is 2. The summed E-state index contributed by atoms with van der Waals surface area (Å²) in [5, 5.41) is 2.95. The van der Waals surface area contributed by atoms with Crippen molar-refractivity contribution in [3.8, 4) is 5.75 Å². The number of nitrogens with zero attached hydrogens (tertiary/aromatic N) is 1. The number of hydrogen-bond donors (Lipinski definition) is 1. The minimum atomic E-state index is -0.218. The summed E-state index contributed by atoms with van der Waals surface area (Å²) < 4.78 is 11.4. The molecule has 6 heteroatoms. The van der Waals surface area contributed by atoms with E-state index in [1.54, 1.807) is 24.0 Å². The van der Waals surface area contributed by atoms with Crippen LogP contribution in [0.5, 0.6) is 5.75 Å². The van der Waals surface area contributed by atoms with Crippen LogP contribution < -0.4 is 15.0 Å². The lowest BCUT2D eigenvalue weighted by Crippen LogP contribution is -2.25. The van der Waals surface area contributed by atoms with E-state index in [2.05, 4.69) is 5.32 Å². The van der Waals surface area contributed by atoms with Crippen molar-refractivity contribution in [3.63, 3.8) is 0 Å². The van der Waals surface area contributed by atoms with Crippen LogP contribution in [-0.4, -0.2) is 37.7 Å². The molecule has 2 amide bonds. The van der Waals surface area contributed by atoms with Gasteiger partial charge in [0.1, 0.15) is 12.4 Å². The number of hydrogen-bond acceptors (Lipinski definition) is 4. The highest BCUT2D eigenvalue weighted by molar-refractivity contribution is 6.06. The Kier molecular flexibility index (Phi) is 5.30. The number of ether oxygens (including phenoxy) is 2. The first-order chi connectivity index (χ1) is 13.6. The Bertz CT molecular complexity index is 890. The maximum Gasteiger partial charge on any atom is 0.259 e. The van der Waals surface area contributed by atoms with Crippen LogP contribution in [0.15, 0.2) is 42.5 Å². The standard InChI is InChI=1S/C22H24N2O4/c1-15(25)24-11-10-16-13-17(8-9-20(16)24)23-22(26)19-6-2-3-7-21(19)28-14-18-5-4-12-27-18/h2-3,6-9,13,18H,4-5,10-12,14H2,1H3,(H,23,26). The summed E-state index contributed by atoms with van der Waals surface area (Å²) in [4.78, 5) is 26.3. The van der Waals surface area contributed by atoms with Crippen LogP contribution in [-0.2, 0) is 16.0 Å². The number of anilines is 2. The molecule has 0 radical (unpaired) electrons. The molecule has 0 spiro atoms. The summed E-state index contributed by atoms with van der Waals surface area (Å²) in [6, 6.07) is 12.9. The number of para-hydroxylation sites is 1. The number of benzene rings is 2. The molecule has 1 N–H and O–H groups in total. The summed E-state index contributed by atoms with van der Waals surface area (Å²) in [7, 11) is 0. The molecular formula is C22H24N2O4. The van der Waals surface area contributed by atoms with Crippen LogP contribution >= 0.6 is 0 Å². The van der Waals surface area contributed by atoms with Crippen LogP contribution in [0.25, 0.3) is 0 Å². The van der Waals surface area contributed by atoms with Gasteiger partial charge >= 0.3 is 0 Å². The van der Waals surface area contributed by atoms with Crippen molar-refractivity contribution in [2.75, 3.05) is 30.0 Å².